The molecular formula is C14H28N2O. The summed E-state index contributed by atoms with van der Waals surface area (Å²) in [7, 11) is 1.85. The quantitative estimate of drug-likeness (QED) is 0.815. The van der Waals surface area contributed by atoms with E-state index in [1.54, 1.807) is 0 Å². The number of ether oxygens (including phenoxy) is 1. The molecule has 2 fully saturated rings. The van der Waals surface area contributed by atoms with Crippen LogP contribution in [0.3, 0.4) is 0 Å². The number of rotatable bonds is 3. The maximum atomic E-state index is 5.58. The SMILES string of the molecule is CCC1CNC(C)CN1C1CC(OC)C1(C)C. The molecule has 0 aromatic rings. The molecule has 1 N–H and O–H groups in total. The smallest absolute Gasteiger partial charge is 0.0652 e. The van der Waals surface area contributed by atoms with Gasteiger partial charge in [-0.05, 0) is 19.8 Å². The monoisotopic (exact) mass is 240 g/mol. The van der Waals surface area contributed by atoms with Gasteiger partial charge in [-0.1, -0.05) is 20.8 Å². The largest absolute Gasteiger partial charge is 0.381 e. The van der Waals surface area contributed by atoms with Gasteiger partial charge >= 0.3 is 0 Å². The Labute approximate surface area is 106 Å². The van der Waals surface area contributed by atoms with Gasteiger partial charge in [0, 0.05) is 43.7 Å². The molecule has 2 aliphatic rings. The minimum Gasteiger partial charge on any atom is -0.381 e. The highest BCUT2D eigenvalue weighted by Gasteiger charge is 2.52. The number of nitrogens with one attached hydrogen (secondary N) is 1. The van der Waals surface area contributed by atoms with Crippen molar-refractivity contribution in [2.45, 2.75) is 64.8 Å². The molecule has 2 rings (SSSR count). The minimum atomic E-state index is 0.305. The van der Waals surface area contributed by atoms with Gasteiger partial charge in [-0.3, -0.25) is 4.90 Å². The van der Waals surface area contributed by atoms with Crippen LogP contribution in [0.2, 0.25) is 0 Å². The molecule has 0 spiro atoms. The summed E-state index contributed by atoms with van der Waals surface area (Å²) in [6, 6.07) is 2.02. The van der Waals surface area contributed by atoms with E-state index in [-0.39, 0.29) is 0 Å². The molecule has 1 saturated carbocycles. The maximum Gasteiger partial charge on any atom is 0.0652 e. The van der Waals surface area contributed by atoms with Crippen molar-refractivity contribution >= 4 is 0 Å². The molecule has 1 saturated heterocycles. The molecular weight excluding hydrogens is 212 g/mol. The van der Waals surface area contributed by atoms with Crippen molar-refractivity contribution in [1.29, 1.82) is 0 Å². The van der Waals surface area contributed by atoms with E-state index in [2.05, 4.69) is 37.9 Å². The molecule has 1 aliphatic heterocycles. The highest BCUT2D eigenvalue weighted by molar-refractivity contribution is 5.06. The van der Waals surface area contributed by atoms with Crippen LogP contribution in [0.4, 0.5) is 0 Å². The fourth-order valence-corrected chi connectivity index (χ4v) is 3.57. The van der Waals surface area contributed by atoms with E-state index in [4.69, 9.17) is 4.74 Å². The van der Waals surface area contributed by atoms with E-state index in [0.29, 0.717) is 29.6 Å². The Morgan fingerprint density at radius 3 is 2.65 bits per heavy atom. The van der Waals surface area contributed by atoms with Crippen molar-refractivity contribution in [3.63, 3.8) is 0 Å². The predicted octanol–water partition coefficient (Wildman–Crippen LogP) is 1.87. The molecule has 0 amide bonds. The summed E-state index contributed by atoms with van der Waals surface area (Å²) in [4.78, 5) is 2.73. The lowest BCUT2D eigenvalue weighted by Gasteiger charge is -2.59. The molecule has 1 aliphatic carbocycles. The second-order valence-electron chi connectivity index (χ2n) is 6.37. The lowest BCUT2D eigenvalue weighted by Crippen LogP contribution is -2.68. The van der Waals surface area contributed by atoms with Crippen molar-refractivity contribution < 1.29 is 4.74 Å². The topological polar surface area (TPSA) is 24.5 Å². The van der Waals surface area contributed by atoms with Gasteiger partial charge < -0.3 is 10.1 Å². The van der Waals surface area contributed by atoms with Crippen LogP contribution in [0.5, 0.6) is 0 Å². The van der Waals surface area contributed by atoms with Crippen LogP contribution in [0, 0.1) is 5.41 Å². The third-order valence-corrected chi connectivity index (χ3v) is 4.94. The standard InChI is InChI=1S/C14H28N2O/c1-6-11-8-15-10(2)9-16(11)12-7-13(17-5)14(12,3)4/h10-13,15H,6-9H2,1-5H3. The van der Waals surface area contributed by atoms with Gasteiger partial charge in [0.15, 0.2) is 0 Å². The third kappa shape index (κ3) is 2.25. The van der Waals surface area contributed by atoms with E-state index in [1.807, 2.05) is 7.11 Å². The zero-order valence-electron chi connectivity index (χ0n) is 12.0. The Kier molecular flexibility index (Phi) is 3.81. The van der Waals surface area contributed by atoms with Crippen LogP contribution in [0.1, 0.15) is 40.5 Å². The first kappa shape index (κ1) is 13.3. The number of nitrogens with zero attached hydrogens (tertiary/aromatic N) is 1. The highest BCUT2D eigenvalue weighted by atomic mass is 16.5. The summed E-state index contributed by atoms with van der Waals surface area (Å²) in [5, 5.41) is 3.60. The van der Waals surface area contributed by atoms with Gasteiger partial charge in [0.05, 0.1) is 6.10 Å². The molecule has 4 atom stereocenters. The van der Waals surface area contributed by atoms with Crippen molar-refractivity contribution in [3.8, 4) is 0 Å². The normalized spacial score (nSPS) is 42.2. The second-order valence-corrected chi connectivity index (χ2v) is 6.37. The van der Waals surface area contributed by atoms with Gasteiger partial charge in [-0.2, -0.15) is 0 Å². The summed E-state index contributed by atoms with van der Waals surface area (Å²) >= 11 is 0. The first-order valence-electron chi connectivity index (χ1n) is 7.02. The summed E-state index contributed by atoms with van der Waals surface area (Å²) < 4.78 is 5.58. The maximum absolute atomic E-state index is 5.58. The summed E-state index contributed by atoms with van der Waals surface area (Å²) in [6.07, 6.45) is 2.88. The van der Waals surface area contributed by atoms with E-state index >= 15 is 0 Å². The molecule has 3 heteroatoms. The molecule has 17 heavy (non-hydrogen) atoms. The average Bonchev–Trinajstić information content (AvgIpc) is 2.28. The zero-order chi connectivity index (χ0) is 12.6. The average molecular weight is 240 g/mol. The van der Waals surface area contributed by atoms with Crippen molar-refractivity contribution in [2.75, 3.05) is 20.2 Å². The van der Waals surface area contributed by atoms with Crippen LogP contribution < -0.4 is 5.32 Å². The van der Waals surface area contributed by atoms with Crippen LogP contribution in [-0.2, 0) is 4.74 Å². The van der Waals surface area contributed by atoms with Crippen LogP contribution >= 0.6 is 0 Å². The lowest BCUT2D eigenvalue weighted by atomic mass is 9.63. The third-order valence-electron chi connectivity index (χ3n) is 4.94. The molecule has 3 nitrogen and oxygen atoms in total. The molecule has 0 bridgehead atoms. The number of piperazine rings is 1. The first-order chi connectivity index (χ1) is 8.00. The van der Waals surface area contributed by atoms with Crippen LogP contribution in [0.15, 0.2) is 0 Å². The van der Waals surface area contributed by atoms with E-state index in [0.717, 1.165) is 6.54 Å². The van der Waals surface area contributed by atoms with E-state index < -0.39 is 0 Å². The van der Waals surface area contributed by atoms with Gasteiger partial charge in [0.25, 0.3) is 0 Å². The molecule has 1 heterocycles. The van der Waals surface area contributed by atoms with Gasteiger partial charge in [0.1, 0.15) is 0 Å². The molecule has 0 aromatic carbocycles. The second kappa shape index (κ2) is 4.87. The van der Waals surface area contributed by atoms with Gasteiger partial charge in [-0.15, -0.1) is 0 Å². The van der Waals surface area contributed by atoms with E-state index in [1.165, 1.54) is 19.4 Å². The Hall–Kier alpha value is -0.120. The summed E-state index contributed by atoms with van der Waals surface area (Å²) in [6.45, 7) is 11.6. The Morgan fingerprint density at radius 1 is 1.41 bits per heavy atom. The van der Waals surface area contributed by atoms with Gasteiger partial charge in [0.2, 0.25) is 0 Å². The van der Waals surface area contributed by atoms with Gasteiger partial charge in [-0.25, -0.2) is 0 Å². The zero-order valence-corrected chi connectivity index (χ0v) is 12.0. The molecule has 0 aromatic heterocycles. The van der Waals surface area contributed by atoms with E-state index in [9.17, 15) is 0 Å². The first-order valence-corrected chi connectivity index (χ1v) is 7.02. The highest BCUT2D eigenvalue weighted by Crippen LogP contribution is 2.46. The number of methoxy groups -OCH3 is 1. The molecule has 0 radical (unpaired) electrons. The van der Waals surface area contributed by atoms with Crippen molar-refractivity contribution in [2.24, 2.45) is 5.41 Å². The lowest BCUT2D eigenvalue weighted by molar-refractivity contribution is -0.152. The summed E-state index contributed by atoms with van der Waals surface area (Å²) in [5.74, 6) is 0. The van der Waals surface area contributed by atoms with Crippen LogP contribution in [0.25, 0.3) is 0 Å². The predicted molar refractivity (Wildman–Crippen MR) is 71.2 cm³/mol. The molecule has 4 unspecified atom stereocenters. The minimum absolute atomic E-state index is 0.305. The fourth-order valence-electron chi connectivity index (χ4n) is 3.57. The fraction of sp³-hybridized carbons (Fsp3) is 1.00. The Balaban J connectivity index is 2.05. The Bertz CT molecular complexity index is 267. The molecule has 100 valence electrons. The van der Waals surface area contributed by atoms with Crippen molar-refractivity contribution in [3.05, 3.63) is 0 Å². The number of hydrogen-bond donors (Lipinski definition) is 1. The number of hydrogen-bond acceptors (Lipinski definition) is 3. The summed E-state index contributed by atoms with van der Waals surface area (Å²) in [5.41, 5.74) is 0.305. The van der Waals surface area contributed by atoms with Crippen LogP contribution in [-0.4, -0.2) is 49.3 Å². The van der Waals surface area contributed by atoms with Crippen molar-refractivity contribution in [1.82, 2.24) is 10.2 Å². The Morgan fingerprint density at radius 2 is 2.12 bits per heavy atom.